The molecule has 1 saturated heterocycles. The van der Waals surface area contributed by atoms with Gasteiger partial charge in [0.05, 0.1) is 24.9 Å². The molecule has 20 heavy (non-hydrogen) atoms. The van der Waals surface area contributed by atoms with Crippen molar-refractivity contribution in [1.82, 2.24) is 0 Å². The highest BCUT2D eigenvalue weighted by Crippen LogP contribution is 2.25. The number of nitrogens with two attached hydrogens (primary N) is 1. The molecule has 0 aliphatic carbocycles. The Morgan fingerprint density at radius 1 is 1.45 bits per heavy atom. The third-order valence-corrected chi connectivity index (χ3v) is 4.04. The van der Waals surface area contributed by atoms with Gasteiger partial charge >= 0.3 is 0 Å². The molecule has 2 N–H and O–H groups in total. The van der Waals surface area contributed by atoms with E-state index in [0.29, 0.717) is 18.9 Å². The summed E-state index contributed by atoms with van der Waals surface area (Å²) in [6, 6.07) is 5.89. The summed E-state index contributed by atoms with van der Waals surface area (Å²) in [4.78, 5) is 2.13. The van der Waals surface area contributed by atoms with Gasteiger partial charge in [0.15, 0.2) is 0 Å². The highest BCUT2D eigenvalue weighted by Gasteiger charge is 2.24. The summed E-state index contributed by atoms with van der Waals surface area (Å²) < 4.78 is 19.9. The van der Waals surface area contributed by atoms with Crippen molar-refractivity contribution in [3.05, 3.63) is 29.6 Å². The lowest BCUT2D eigenvalue weighted by molar-refractivity contribution is 0.0926. The van der Waals surface area contributed by atoms with Gasteiger partial charge in [-0.3, -0.25) is 0 Å². The van der Waals surface area contributed by atoms with Gasteiger partial charge in [-0.25, -0.2) is 4.39 Å². The normalized spacial score (nSPS) is 21.0. The van der Waals surface area contributed by atoms with Crippen LogP contribution in [0.3, 0.4) is 0 Å². The van der Waals surface area contributed by atoms with Crippen molar-refractivity contribution in [3.63, 3.8) is 0 Å². The summed E-state index contributed by atoms with van der Waals surface area (Å²) in [6.45, 7) is 6.26. The van der Waals surface area contributed by atoms with Crippen molar-refractivity contribution in [2.45, 2.75) is 45.2 Å². The lowest BCUT2D eigenvalue weighted by Gasteiger charge is -2.37. The average Bonchev–Trinajstić information content (AvgIpc) is 2.47. The molecule has 2 atom stereocenters. The first-order valence-electron chi connectivity index (χ1n) is 7.54. The van der Waals surface area contributed by atoms with Crippen LogP contribution in [-0.2, 0) is 11.2 Å². The van der Waals surface area contributed by atoms with Crippen molar-refractivity contribution in [3.8, 4) is 0 Å². The fraction of sp³-hybridized carbons (Fsp3) is 0.625. The molecule has 1 aliphatic heterocycles. The minimum atomic E-state index is -0.147. The van der Waals surface area contributed by atoms with Gasteiger partial charge in [-0.05, 0) is 37.0 Å². The summed E-state index contributed by atoms with van der Waals surface area (Å²) in [6.07, 6.45) is 2.60. The fourth-order valence-electron chi connectivity index (χ4n) is 2.67. The molecule has 4 heteroatoms. The Labute approximate surface area is 120 Å². The molecular formula is C16H25FN2O. The van der Waals surface area contributed by atoms with Crippen LogP contribution in [0.4, 0.5) is 10.1 Å². The van der Waals surface area contributed by atoms with E-state index < -0.39 is 0 Å². The number of hydrogen-bond acceptors (Lipinski definition) is 3. The van der Waals surface area contributed by atoms with E-state index >= 15 is 0 Å². The number of ether oxygens (including phenoxy) is 1. The molecule has 0 amide bonds. The first-order valence-corrected chi connectivity index (χ1v) is 7.54. The lowest BCUT2D eigenvalue weighted by Crippen LogP contribution is -2.45. The van der Waals surface area contributed by atoms with Crippen molar-refractivity contribution < 1.29 is 9.13 Å². The van der Waals surface area contributed by atoms with E-state index in [2.05, 4.69) is 18.7 Å². The SMILES string of the molecule is CCC(N)Cc1ccc(N2CCOCC2CC)c(F)c1. The summed E-state index contributed by atoms with van der Waals surface area (Å²) in [5, 5.41) is 0. The second kappa shape index (κ2) is 7.04. The average molecular weight is 280 g/mol. The van der Waals surface area contributed by atoms with Crippen LogP contribution >= 0.6 is 0 Å². The zero-order chi connectivity index (χ0) is 14.5. The highest BCUT2D eigenvalue weighted by molar-refractivity contribution is 5.50. The summed E-state index contributed by atoms with van der Waals surface area (Å²) in [5.74, 6) is -0.147. The first-order chi connectivity index (χ1) is 9.65. The van der Waals surface area contributed by atoms with E-state index in [1.165, 1.54) is 0 Å². The van der Waals surface area contributed by atoms with Gasteiger partial charge in [0.2, 0.25) is 0 Å². The van der Waals surface area contributed by atoms with E-state index in [1.54, 1.807) is 6.07 Å². The first kappa shape index (κ1) is 15.3. The van der Waals surface area contributed by atoms with Crippen molar-refractivity contribution >= 4 is 5.69 Å². The molecule has 1 aliphatic rings. The summed E-state index contributed by atoms with van der Waals surface area (Å²) in [5.41, 5.74) is 7.59. The molecule has 0 spiro atoms. The number of benzene rings is 1. The Kier molecular flexibility index (Phi) is 5.38. The third kappa shape index (κ3) is 3.49. The molecule has 1 aromatic carbocycles. The van der Waals surface area contributed by atoms with Crippen LogP contribution in [0.1, 0.15) is 32.3 Å². The topological polar surface area (TPSA) is 38.5 Å². The molecule has 1 fully saturated rings. The monoisotopic (exact) mass is 280 g/mol. The number of hydrogen-bond donors (Lipinski definition) is 1. The Morgan fingerprint density at radius 2 is 2.25 bits per heavy atom. The zero-order valence-corrected chi connectivity index (χ0v) is 12.4. The number of anilines is 1. The van der Waals surface area contributed by atoms with E-state index in [0.717, 1.165) is 31.4 Å². The van der Waals surface area contributed by atoms with Crippen LogP contribution in [0.2, 0.25) is 0 Å². The van der Waals surface area contributed by atoms with E-state index in [9.17, 15) is 4.39 Å². The molecule has 0 bridgehead atoms. The number of morpholine rings is 1. The maximum absolute atomic E-state index is 14.4. The number of rotatable bonds is 5. The molecule has 0 saturated carbocycles. The predicted octanol–water partition coefficient (Wildman–Crippen LogP) is 2.72. The maximum atomic E-state index is 14.4. The molecule has 2 rings (SSSR count). The van der Waals surface area contributed by atoms with Crippen LogP contribution in [0.25, 0.3) is 0 Å². The smallest absolute Gasteiger partial charge is 0.146 e. The quantitative estimate of drug-likeness (QED) is 0.901. The Hall–Kier alpha value is -1.13. The van der Waals surface area contributed by atoms with Crippen LogP contribution in [0.5, 0.6) is 0 Å². The Morgan fingerprint density at radius 3 is 2.90 bits per heavy atom. The highest BCUT2D eigenvalue weighted by atomic mass is 19.1. The van der Waals surface area contributed by atoms with Crippen molar-refractivity contribution in [1.29, 1.82) is 0 Å². The molecule has 1 heterocycles. The van der Waals surface area contributed by atoms with Gasteiger partial charge in [0.1, 0.15) is 5.82 Å². The van der Waals surface area contributed by atoms with Crippen LogP contribution in [0, 0.1) is 5.82 Å². The van der Waals surface area contributed by atoms with Crippen LogP contribution in [-0.4, -0.2) is 31.8 Å². The summed E-state index contributed by atoms with van der Waals surface area (Å²) in [7, 11) is 0. The Balaban J connectivity index is 2.16. The number of halogens is 1. The van der Waals surface area contributed by atoms with E-state index in [1.807, 2.05) is 12.1 Å². The molecule has 2 unspecified atom stereocenters. The van der Waals surface area contributed by atoms with E-state index in [-0.39, 0.29) is 17.9 Å². The van der Waals surface area contributed by atoms with Gasteiger partial charge in [-0.15, -0.1) is 0 Å². The van der Waals surface area contributed by atoms with Gasteiger partial charge in [0.25, 0.3) is 0 Å². The molecule has 112 valence electrons. The van der Waals surface area contributed by atoms with Gasteiger partial charge in [0, 0.05) is 12.6 Å². The number of nitrogens with zero attached hydrogens (tertiary/aromatic N) is 1. The second-order valence-electron chi connectivity index (χ2n) is 5.49. The van der Waals surface area contributed by atoms with Gasteiger partial charge < -0.3 is 15.4 Å². The minimum Gasteiger partial charge on any atom is -0.377 e. The molecular weight excluding hydrogens is 255 g/mol. The van der Waals surface area contributed by atoms with Crippen molar-refractivity contribution in [2.75, 3.05) is 24.7 Å². The molecule has 0 radical (unpaired) electrons. The molecule has 0 aromatic heterocycles. The second-order valence-corrected chi connectivity index (χ2v) is 5.49. The van der Waals surface area contributed by atoms with Gasteiger partial charge in [-0.2, -0.15) is 0 Å². The molecule has 3 nitrogen and oxygen atoms in total. The van der Waals surface area contributed by atoms with Crippen LogP contribution in [0.15, 0.2) is 18.2 Å². The fourth-order valence-corrected chi connectivity index (χ4v) is 2.67. The van der Waals surface area contributed by atoms with E-state index in [4.69, 9.17) is 10.5 Å². The minimum absolute atomic E-state index is 0.104. The van der Waals surface area contributed by atoms with Gasteiger partial charge in [-0.1, -0.05) is 19.9 Å². The maximum Gasteiger partial charge on any atom is 0.146 e. The third-order valence-electron chi connectivity index (χ3n) is 4.04. The zero-order valence-electron chi connectivity index (χ0n) is 12.4. The standard InChI is InChI=1S/C16H25FN2O/c1-3-13(18)9-12-5-6-16(15(17)10-12)19-7-8-20-11-14(19)4-2/h5-6,10,13-14H,3-4,7-9,11,18H2,1-2H3. The Bertz CT molecular complexity index is 438. The predicted molar refractivity (Wildman–Crippen MR) is 80.6 cm³/mol. The summed E-state index contributed by atoms with van der Waals surface area (Å²) >= 11 is 0. The lowest BCUT2D eigenvalue weighted by atomic mass is 10.0. The van der Waals surface area contributed by atoms with Crippen LogP contribution < -0.4 is 10.6 Å². The van der Waals surface area contributed by atoms with Crippen molar-refractivity contribution in [2.24, 2.45) is 5.73 Å². The largest absolute Gasteiger partial charge is 0.377 e. The molecule has 1 aromatic rings.